The van der Waals surface area contributed by atoms with Gasteiger partial charge in [-0.2, -0.15) is 5.10 Å². The van der Waals surface area contributed by atoms with Gasteiger partial charge in [0.25, 0.3) is 5.91 Å². The number of rotatable bonds is 8. The first-order valence-electron chi connectivity index (χ1n) is 12.4. The van der Waals surface area contributed by atoms with Crippen LogP contribution < -0.4 is 5.32 Å². The predicted molar refractivity (Wildman–Crippen MR) is 136 cm³/mol. The number of likely N-dealkylation sites (tertiary alicyclic amines) is 1. The van der Waals surface area contributed by atoms with Crippen LogP contribution in [0.15, 0.2) is 48.8 Å². The van der Waals surface area contributed by atoms with Crippen molar-refractivity contribution < 1.29 is 22.7 Å². The molecular weight excluding hydrogens is 497 g/mol. The van der Waals surface area contributed by atoms with E-state index in [1.54, 1.807) is 35.0 Å². The van der Waals surface area contributed by atoms with Crippen LogP contribution in [-0.4, -0.2) is 63.4 Å². The number of anilines is 1. The van der Waals surface area contributed by atoms with Crippen LogP contribution in [0.3, 0.4) is 0 Å². The average Bonchev–Trinajstić information content (AvgIpc) is 3.36. The molecule has 4 aromatic rings. The average molecular weight is 525 g/mol. The number of amides is 1. The van der Waals surface area contributed by atoms with Gasteiger partial charge in [-0.15, -0.1) is 0 Å². The van der Waals surface area contributed by atoms with Crippen LogP contribution in [-0.2, 0) is 11.3 Å². The van der Waals surface area contributed by atoms with Gasteiger partial charge in [-0.05, 0) is 37.0 Å². The molecule has 1 N–H and O–H groups in total. The second-order valence-electron chi connectivity index (χ2n) is 9.19. The van der Waals surface area contributed by atoms with Gasteiger partial charge in [-0.3, -0.25) is 14.5 Å². The summed E-state index contributed by atoms with van der Waals surface area (Å²) >= 11 is 0. The number of aromatic nitrogens is 4. The van der Waals surface area contributed by atoms with Crippen LogP contribution in [0, 0.1) is 17.5 Å². The second kappa shape index (κ2) is 11.2. The van der Waals surface area contributed by atoms with Gasteiger partial charge < -0.3 is 15.0 Å². The molecule has 1 saturated heterocycles. The number of methoxy groups -OCH3 is 1. The van der Waals surface area contributed by atoms with Crippen LogP contribution in [0.2, 0.25) is 0 Å². The number of halogens is 3. The summed E-state index contributed by atoms with van der Waals surface area (Å²) in [5, 5.41) is 7.76. The highest BCUT2D eigenvalue weighted by atomic mass is 19.2. The first kappa shape index (κ1) is 25.7. The smallest absolute Gasteiger partial charge is 0.275 e. The summed E-state index contributed by atoms with van der Waals surface area (Å²) in [5.41, 5.74) is 2.10. The number of hydrogen-bond donors (Lipinski definition) is 1. The lowest BCUT2D eigenvalue weighted by atomic mass is 10.00. The van der Waals surface area contributed by atoms with E-state index in [2.05, 4.69) is 20.4 Å². The van der Waals surface area contributed by atoms with E-state index < -0.39 is 11.6 Å². The van der Waals surface area contributed by atoms with Crippen molar-refractivity contribution in [2.45, 2.75) is 31.8 Å². The highest BCUT2D eigenvalue weighted by Gasteiger charge is 2.31. The quantitative estimate of drug-likeness (QED) is 0.361. The van der Waals surface area contributed by atoms with Crippen LogP contribution in [0.1, 0.15) is 29.8 Å². The van der Waals surface area contributed by atoms with Crippen molar-refractivity contribution in [1.29, 1.82) is 0 Å². The van der Waals surface area contributed by atoms with Gasteiger partial charge in [0.2, 0.25) is 0 Å². The maximum atomic E-state index is 13.8. The Morgan fingerprint density at radius 2 is 1.87 bits per heavy atom. The number of piperidine rings is 1. The predicted octanol–water partition coefficient (Wildman–Crippen LogP) is 4.66. The minimum absolute atomic E-state index is 0.149. The Bertz CT molecular complexity index is 1440. The third-order valence-electron chi connectivity index (χ3n) is 6.64. The standard InChI is InChI=1S/C27H27F3N6O2/c1-38-11-10-35-16-20(17-5-7-18(28)8-6-17)26(34-35)27(37)36-9-3-2-4-19(36)14-32-25-15-31-23-12-21(29)22(30)13-24(23)33-25/h5-8,12-13,15-16,19H,2-4,9-11,14H2,1H3,(H,32,33)/t19-/m0/s1. The van der Waals surface area contributed by atoms with Gasteiger partial charge in [0, 0.05) is 50.1 Å². The Morgan fingerprint density at radius 1 is 1.11 bits per heavy atom. The van der Waals surface area contributed by atoms with Gasteiger partial charge in [-0.1, -0.05) is 12.1 Å². The van der Waals surface area contributed by atoms with Crippen molar-refractivity contribution in [2.24, 2.45) is 0 Å². The lowest BCUT2D eigenvalue weighted by molar-refractivity contribution is 0.0621. The minimum atomic E-state index is -0.991. The fourth-order valence-corrected chi connectivity index (χ4v) is 4.65. The summed E-state index contributed by atoms with van der Waals surface area (Å²) in [5.74, 6) is -2.14. The zero-order valence-corrected chi connectivity index (χ0v) is 20.8. The van der Waals surface area contributed by atoms with E-state index >= 15 is 0 Å². The van der Waals surface area contributed by atoms with Crippen molar-refractivity contribution in [2.75, 3.05) is 32.1 Å². The third-order valence-corrected chi connectivity index (χ3v) is 6.64. The molecule has 1 fully saturated rings. The summed E-state index contributed by atoms with van der Waals surface area (Å²) in [4.78, 5) is 24.1. The molecule has 0 bridgehead atoms. The maximum Gasteiger partial charge on any atom is 0.275 e. The molecule has 198 valence electrons. The Labute approximate surface area is 217 Å². The highest BCUT2D eigenvalue weighted by molar-refractivity contribution is 5.99. The lowest BCUT2D eigenvalue weighted by Crippen LogP contribution is -2.47. The normalized spacial score (nSPS) is 15.7. The molecular formula is C27H27F3N6O2. The summed E-state index contributed by atoms with van der Waals surface area (Å²) in [7, 11) is 1.59. The SMILES string of the molecule is COCCn1cc(-c2ccc(F)cc2)c(C(=O)N2CCCC[C@H]2CNc2cnc3cc(F)c(F)cc3n2)n1. The third kappa shape index (κ3) is 5.47. The number of hydrogen-bond acceptors (Lipinski definition) is 6. The van der Waals surface area contributed by atoms with Crippen molar-refractivity contribution in [3.63, 3.8) is 0 Å². The Kier molecular flexibility index (Phi) is 7.54. The van der Waals surface area contributed by atoms with Gasteiger partial charge in [0.15, 0.2) is 17.3 Å². The summed E-state index contributed by atoms with van der Waals surface area (Å²) in [6.45, 7) is 1.85. The van der Waals surface area contributed by atoms with E-state index in [-0.39, 0.29) is 28.8 Å². The fraction of sp³-hybridized carbons (Fsp3) is 0.333. The van der Waals surface area contributed by atoms with Crippen LogP contribution in [0.25, 0.3) is 22.2 Å². The minimum Gasteiger partial charge on any atom is -0.383 e. The molecule has 0 saturated carbocycles. The molecule has 0 spiro atoms. The molecule has 0 radical (unpaired) electrons. The Morgan fingerprint density at radius 3 is 2.63 bits per heavy atom. The first-order valence-corrected chi connectivity index (χ1v) is 12.4. The molecule has 1 aliphatic rings. The monoisotopic (exact) mass is 524 g/mol. The topological polar surface area (TPSA) is 85.2 Å². The lowest BCUT2D eigenvalue weighted by Gasteiger charge is -2.35. The van der Waals surface area contributed by atoms with Crippen LogP contribution in [0.4, 0.5) is 19.0 Å². The molecule has 8 nitrogen and oxygen atoms in total. The fourth-order valence-electron chi connectivity index (χ4n) is 4.65. The second-order valence-corrected chi connectivity index (χ2v) is 9.19. The molecule has 2 aromatic heterocycles. The molecule has 0 unspecified atom stereocenters. The van der Waals surface area contributed by atoms with E-state index in [0.717, 1.165) is 31.4 Å². The molecule has 38 heavy (non-hydrogen) atoms. The van der Waals surface area contributed by atoms with Crippen LogP contribution >= 0.6 is 0 Å². The van der Waals surface area contributed by atoms with E-state index in [9.17, 15) is 18.0 Å². The first-order chi connectivity index (χ1) is 18.4. The summed E-state index contributed by atoms with van der Waals surface area (Å²) < 4.78 is 47.5. The zero-order chi connectivity index (χ0) is 26.6. The highest BCUT2D eigenvalue weighted by Crippen LogP contribution is 2.27. The summed E-state index contributed by atoms with van der Waals surface area (Å²) in [6, 6.07) is 7.84. The van der Waals surface area contributed by atoms with Gasteiger partial charge >= 0.3 is 0 Å². The molecule has 1 atom stereocenters. The number of nitrogens with one attached hydrogen (secondary N) is 1. The number of fused-ring (bicyclic) bond motifs is 1. The molecule has 1 aliphatic heterocycles. The largest absolute Gasteiger partial charge is 0.383 e. The molecule has 3 heterocycles. The van der Waals surface area contributed by atoms with E-state index in [4.69, 9.17) is 4.74 Å². The molecule has 1 amide bonds. The summed E-state index contributed by atoms with van der Waals surface area (Å²) in [6.07, 6.45) is 5.83. The van der Waals surface area contributed by atoms with E-state index in [1.165, 1.54) is 18.3 Å². The van der Waals surface area contributed by atoms with Crippen LogP contribution in [0.5, 0.6) is 0 Å². The van der Waals surface area contributed by atoms with Crippen molar-refractivity contribution >= 4 is 22.8 Å². The number of carbonyl (C=O) groups is 1. The Balaban J connectivity index is 1.37. The number of nitrogens with zero attached hydrogens (tertiary/aromatic N) is 5. The van der Waals surface area contributed by atoms with Crippen molar-refractivity contribution in [3.8, 4) is 11.1 Å². The van der Waals surface area contributed by atoms with Gasteiger partial charge in [0.1, 0.15) is 11.6 Å². The zero-order valence-electron chi connectivity index (χ0n) is 20.8. The number of carbonyl (C=O) groups excluding carboxylic acids is 1. The molecule has 5 rings (SSSR count). The maximum absolute atomic E-state index is 13.8. The van der Waals surface area contributed by atoms with E-state index in [0.29, 0.717) is 48.9 Å². The van der Waals surface area contributed by atoms with Crippen molar-refractivity contribution in [3.05, 3.63) is 71.9 Å². The number of benzene rings is 2. The molecule has 11 heteroatoms. The van der Waals surface area contributed by atoms with E-state index in [1.807, 2.05) is 0 Å². The molecule has 2 aromatic carbocycles. The van der Waals surface area contributed by atoms with Gasteiger partial charge in [0.05, 0.1) is 30.4 Å². The molecule has 0 aliphatic carbocycles. The van der Waals surface area contributed by atoms with Gasteiger partial charge in [-0.25, -0.2) is 18.2 Å². The van der Waals surface area contributed by atoms with Crippen molar-refractivity contribution in [1.82, 2.24) is 24.6 Å². The number of ether oxygens (including phenoxy) is 1. The Hall–Kier alpha value is -3.99.